The first-order chi connectivity index (χ1) is 12.7. The molecule has 0 amide bonds. The van der Waals surface area contributed by atoms with Crippen molar-refractivity contribution >= 4 is 5.69 Å². The third-order valence-electron chi connectivity index (χ3n) is 3.21. The molecule has 0 aliphatic carbocycles. The maximum absolute atomic E-state index is 12.9. The van der Waals surface area contributed by atoms with Crippen molar-refractivity contribution < 1.29 is 4.39 Å². The van der Waals surface area contributed by atoms with Crippen LogP contribution in [0.4, 0.5) is 10.1 Å². The number of terminal acetylenes is 1. The van der Waals surface area contributed by atoms with Crippen LogP contribution in [0.5, 0.6) is 0 Å². The molecule has 1 aromatic carbocycles. The van der Waals surface area contributed by atoms with Crippen molar-refractivity contribution in [1.29, 1.82) is 0 Å². The molecule has 4 nitrogen and oxygen atoms in total. The van der Waals surface area contributed by atoms with Crippen LogP contribution in [-0.4, -0.2) is 13.1 Å². The lowest BCUT2D eigenvalue weighted by molar-refractivity contribution is 0.627. The second kappa shape index (κ2) is 12.5. The molecule has 0 spiro atoms. The van der Waals surface area contributed by atoms with Gasteiger partial charge in [-0.25, -0.2) is 4.39 Å². The van der Waals surface area contributed by atoms with Gasteiger partial charge in [-0.1, -0.05) is 17.1 Å². The van der Waals surface area contributed by atoms with Crippen molar-refractivity contribution in [3.8, 4) is 59.7 Å². The Labute approximate surface area is 153 Å². The van der Waals surface area contributed by atoms with Crippen LogP contribution < -0.4 is 5.32 Å². The third kappa shape index (κ3) is 7.55. The quantitative estimate of drug-likeness (QED) is 0.387. The van der Waals surface area contributed by atoms with Gasteiger partial charge in [0.1, 0.15) is 5.82 Å². The zero-order chi connectivity index (χ0) is 19.0. The van der Waals surface area contributed by atoms with Gasteiger partial charge in [-0.3, -0.25) is 0 Å². The predicted molar refractivity (Wildman–Crippen MR) is 102 cm³/mol. The van der Waals surface area contributed by atoms with Crippen molar-refractivity contribution in [2.75, 3.05) is 18.4 Å². The van der Waals surface area contributed by atoms with Crippen molar-refractivity contribution in [3.05, 3.63) is 40.0 Å². The normalized spacial score (nSPS) is 11.8. The molecule has 5 heteroatoms. The van der Waals surface area contributed by atoms with E-state index in [2.05, 4.69) is 68.6 Å². The number of fused-ring (bicyclic) bond motifs is 1. The lowest BCUT2D eigenvalue weighted by Crippen LogP contribution is -2.02. The maximum Gasteiger partial charge on any atom is 0.125 e. The van der Waals surface area contributed by atoms with Gasteiger partial charge in [0.25, 0.3) is 0 Å². The van der Waals surface area contributed by atoms with Crippen LogP contribution in [0.15, 0.2) is 23.3 Å². The zero-order valence-electron chi connectivity index (χ0n) is 14.2. The van der Waals surface area contributed by atoms with Crippen molar-refractivity contribution in [1.82, 2.24) is 0 Å². The molecule has 1 heterocycles. The van der Waals surface area contributed by atoms with Crippen LogP contribution in [-0.2, 0) is 0 Å². The Morgan fingerprint density at radius 1 is 1.23 bits per heavy atom. The fraction of sp³-hybridized carbons (Fsp3) is 0.238. The summed E-state index contributed by atoms with van der Waals surface area (Å²) in [4.78, 5) is 2.71. The fourth-order valence-electron chi connectivity index (χ4n) is 2.15. The summed E-state index contributed by atoms with van der Waals surface area (Å²) in [5, 5.41) is 6.65. The number of rotatable bonds is 3. The largest absolute Gasteiger partial charge is 0.384 e. The number of nitrogens with zero attached hydrogens (tertiary/aromatic N) is 3. The first-order valence-corrected chi connectivity index (χ1v) is 7.64. The summed E-state index contributed by atoms with van der Waals surface area (Å²) in [6, 6.07) is 4.76. The van der Waals surface area contributed by atoms with E-state index < -0.39 is 0 Å². The Morgan fingerprint density at radius 3 is 2.58 bits per heavy atom. The summed E-state index contributed by atoms with van der Waals surface area (Å²) in [6.45, 7) is 2.99. The van der Waals surface area contributed by atoms with E-state index in [4.69, 9.17) is 12.0 Å². The molecule has 0 saturated carbocycles. The highest BCUT2D eigenvalue weighted by Crippen LogP contribution is 2.33. The number of nitrogens with one attached hydrogen (secondary N) is 1. The van der Waals surface area contributed by atoms with E-state index in [-0.39, 0.29) is 5.82 Å². The summed E-state index contributed by atoms with van der Waals surface area (Å²) in [5.74, 6) is 22.1. The van der Waals surface area contributed by atoms with Gasteiger partial charge in [0.05, 0.1) is 0 Å². The van der Waals surface area contributed by atoms with Crippen molar-refractivity contribution in [3.63, 3.8) is 0 Å². The number of azide groups is 1. The van der Waals surface area contributed by atoms with E-state index in [1.165, 1.54) is 12.1 Å². The number of hydrogen-bond donors (Lipinski definition) is 1. The Bertz CT molecular complexity index is 966. The molecular weight excluding hydrogens is 327 g/mol. The average Bonchev–Trinajstić information content (AvgIpc) is 3.04. The zero-order valence-corrected chi connectivity index (χ0v) is 14.2. The molecule has 0 fully saturated rings. The van der Waals surface area contributed by atoms with Gasteiger partial charge in [-0.05, 0) is 83.9 Å². The minimum atomic E-state index is -0.225. The molecule has 0 saturated heterocycles. The molecule has 1 unspecified atom stereocenters. The second-order valence-electron chi connectivity index (χ2n) is 4.82. The highest BCUT2D eigenvalue weighted by atomic mass is 19.1. The molecule has 1 atom stereocenters. The van der Waals surface area contributed by atoms with Crippen LogP contribution >= 0.6 is 0 Å². The molecular formula is C21H15FN4. The van der Waals surface area contributed by atoms with Crippen molar-refractivity contribution in [2.45, 2.75) is 19.3 Å². The lowest BCUT2D eigenvalue weighted by Gasteiger charge is -2.07. The monoisotopic (exact) mass is 342 g/mol. The van der Waals surface area contributed by atoms with Crippen LogP contribution in [0, 0.1) is 65.5 Å². The van der Waals surface area contributed by atoms with Crippen molar-refractivity contribution in [2.24, 2.45) is 5.11 Å². The highest BCUT2D eigenvalue weighted by molar-refractivity contribution is 5.57. The summed E-state index contributed by atoms with van der Waals surface area (Å²) in [5.41, 5.74) is 10.1. The number of hydrogen-bond acceptors (Lipinski definition) is 2. The fourth-order valence-corrected chi connectivity index (χ4v) is 2.15. The first-order valence-electron chi connectivity index (χ1n) is 7.64. The van der Waals surface area contributed by atoms with Gasteiger partial charge < -0.3 is 5.32 Å². The summed E-state index contributed by atoms with van der Waals surface area (Å²) >= 11 is 0. The van der Waals surface area contributed by atoms with Crippen LogP contribution in [0.25, 0.3) is 10.4 Å². The summed E-state index contributed by atoms with van der Waals surface area (Å²) < 4.78 is 12.9. The number of benzene rings is 1. The molecule has 0 radical (unpaired) electrons. The van der Waals surface area contributed by atoms with Gasteiger partial charge >= 0.3 is 0 Å². The third-order valence-corrected chi connectivity index (χ3v) is 3.21. The molecule has 1 aliphatic rings. The Balaban J connectivity index is 0.000000276. The van der Waals surface area contributed by atoms with E-state index >= 15 is 0 Å². The van der Waals surface area contributed by atoms with Gasteiger partial charge in [-0.15, -0.1) is 6.42 Å². The van der Waals surface area contributed by atoms with Gasteiger partial charge in [0.15, 0.2) is 0 Å². The van der Waals surface area contributed by atoms with Crippen LogP contribution in [0.3, 0.4) is 0 Å². The van der Waals surface area contributed by atoms with E-state index in [1.54, 1.807) is 13.0 Å². The molecule has 1 aliphatic heterocycles. The lowest BCUT2D eigenvalue weighted by atomic mass is 9.98. The summed E-state index contributed by atoms with van der Waals surface area (Å²) in [7, 11) is 0. The van der Waals surface area contributed by atoms with Crippen LogP contribution in [0.2, 0.25) is 0 Å². The molecule has 2 rings (SSSR count). The minimum absolute atomic E-state index is 0.225. The summed E-state index contributed by atoms with van der Waals surface area (Å²) in [6.07, 6.45) is 5.64. The SMILES string of the molecule is C#CC#CC#CC#CC#CC.[N-]=[N+]=NCCC1CNc2cc(F)ccc21. The Morgan fingerprint density at radius 2 is 1.92 bits per heavy atom. The molecule has 0 bridgehead atoms. The highest BCUT2D eigenvalue weighted by Gasteiger charge is 2.21. The topological polar surface area (TPSA) is 60.8 Å². The maximum atomic E-state index is 12.9. The van der Waals surface area contributed by atoms with Gasteiger partial charge in [0.2, 0.25) is 0 Å². The van der Waals surface area contributed by atoms with Gasteiger partial charge in [-0.2, -0.15) is 0 Å². The van der Waals surface area contributed by atoms with E-state index in [0.717, 1.165) is 24.2 Å². The molecule has 0 aromatic heterocycles. The second-order valence-corrected chi connectivity index (χ2v) is 4.82. The molecule has 126 valence electrons. The smallest absolute Gasteiger partial charge is 0.125 e. The average molecular weight is 342 g/mol. The molecule has 1 aromatic rings. The number of anilines is 1. The van der Waals surface area contributed by atoms with E-state index in [0.29, 0.717) is 12.5 Å². The standard InChI is InChI=1S/C11H4.C10H11FN4/c1-3-5-7-9-11-10-8-6-4-2;11-8-1-2-9-7(3-4-14-15-12)6-13-10(9)5-8/h1H,2H3;1-2,5,7,13H,3-4,6H2. The van der Waals surface area contributed by atoms with E-state index in [1.807, 2.05) is 0 Å². The predicted octanol–water partition coefficient (Wildman–Crippen LogP) is 3.69. The first kappa shape index (κ1) is 20.1. The van der Waals surface area contributed by atoms with Crippen LogP contribution in [0.1, 0.15) is 24.8 Å². The number of halogens is 1. The van der Waals surface area contributed by atoms with E-state index in [9.17, 15) is 4.39 Å². The Hall–Kier alpha value is -3.94. The molecule has 1 N–H and O–H groups in total. The Kier molecular flexibility index (Phi) is 9.65. The van der Waals surface area contributed by atoms with Gasteiger partial charge in [0, 0.05) is 29.6 Å². The molecule has 26 heavy (non-hydrogen) atoms. The minimum Gasteiger partial charge on any atom is -0.384 e.